The number of nitrogens with one attached hydrogen (secondary N) is 2. The highest BCUT2D eigenvalue weighted by atomic mass is 19.4. The maximum Gasteiger partial charge on any atom is 0.433 e. The van der Waals surface area contributed by atoms with E-state index < -0.39 is 29.1 Å². The summed E-state index contributed by atoms with van der Waals surface area (Å²) in [5.41, 5.74) is -0.0499. The van der Waals surface area contributed by atoms with Crippen LogP contribution in [0.4, 0.5) is 18.9 Å². The molecular formula is C33H34F3N7O4. The van der Waals surface area contributed by atoms with Crippen molar-refractivity contribution in [3.05, 3.63) is 83.1 Å². The van der Waals surface area contributed by atoms with Crippen LogP contribution in [0.5, 0.6) is 0 Å². The lowest BCUT2D eigenvalue weighted by atomic mass is 9.91. The van der Waals surface area contributed by atoms with Crippen molar-refractivity contribution in [1.29, 1.82) is 0 Å². The van der Waals surface area contributed by atoms with Crippen LogP contribution in [0.15, 0.2) is 54.9 Å². The fourth-order valence-corrected chi connectivity index (χ4v) is 6.11. The Labute approximate surface area is 268 Å². The number of anilines is 1. The van der Waals surface area contributed by atoms with Crippen molar-refractivity contribution in [1.82, 2.24) is 30.0 Å². The summed E-state index contributed by atoms with van der Waals surface area (Å²) < 4.78 is 41.4. The van der Waals surface area contributed by atoms with Crippen molar-refractivity contribution < 1.29 is 32.7 Å². The molecule has 1 aromatic carbocycles. The second kappa shape index (κ2) is 12.5. The molecule has 1 unspecified atom stereocenters. The quantitative estimate of drug-likeness (QED) is 0.245. The van der Waals surface area contributed by atoms with Crippen LogP contribution in [0.2, 0.25) is 0 Å². The number of likely N-dealkylation sites (tertiary alicyclic amines) is 1. The van der Waals surface area contributed by atoms with E-state index in [0.717, 1.165) is 49.3 Å². The zero-order valence-electron chi connectivity index (χ0n) is 25.8. The fraction of sp³-hybridized carbons (Fsp3) is 0.394. The summed E-state index contributed by atoms with van der Waals surface area (Å²) in [6.07, 6.45) is 1.34. The molecule has 246 valence electrons. The summed E-state index contributed by atoms with van der Waals surface area (Å²) in [7, 11) is 0. The van der Waals surface area contributed by atoms with Gasteiger partial charge in [-0.1, -0.05) is 12.1 Å². The molecule has 0 saturated carbocycles. The monoisotopic (exact) mass is 649 g/mol. The van der Waals surface area contributed by atoms with Crippen LogP contribution in [-0.2, 0) is 27.9 Å². The van der Waals surface area contributed by atoms with E-state index >= 15 is 0 Å². The fourth-order valence-electron chi connectivity index (χ4n) is 6.11. The lowest BCUT2D eigenvalue weighted by molar-refractivity contribution is -0.141. The van der Waals surface area contributed by atoms with Gasteiger partial charge in [0.1, 0.15) is 11.4 Å². The molecule has 4 aromatic rings. The number of aliphatic hydroxyl groups is 1. The van der Waals surface area contributed by atoms with Gasteiger partial charge in [-0.05, 0) is 69.0 Å². The molecule has 3 amide bonds. The molecule has 11 nitrogen and oxygen atoms in total. The molecule has 14 heteroatoms. The number of aromatic nitrogens is 4. The minimum absolute atomic E-state index is 0.111. The number of nitrogens with zero attached hydrogens (tertiary/aromatic N) is 5. The van der Waals surface area contributed by atoms with Crippen LogP contribution >= 0.6 is 0 Å². The van der Waals surface area contributed by atoms with Crippen LogP contribution in [0.25, 0.3) is 10.9 Å². The van der Waals surface area contributed by atoms with Gasteiger partial charge in [-0.15, -0.1) is 0 Å². The molecule has 2 fully saturated rings. The number of hydrogen-bond donors (Lipinski definition) is 3. The highest BCUT2D eigenvalue weighted by molar-refractivity contribution is 6.04. The highest BCUT2D eigenvalue weighted by Crippen LogP contribution is 2.34. The first-order valence-electron chi connectivity index (χ1n) is 15.4. The molecule has 3 N–H and O–H groups in total. The van der Waals surface area contributed by atoms with Gasteiger partial charge in [0.2, 0.25) is 11.8 Å². The number of fused-ring (bicyclic) bond motifs is 1. The SMILES string of the molecule is CC(C)(O)c1cc2nn(C3CCN(Cc4ccc(C5CCC(=O)NC5=O)cn4)CC3)cc2cc1NC(=O)c1cccc(C(F)(F)F)n1. The molecule has 2 aliphatic rings. The van der Waals surface area contributed by atoms with E-state index in [4.69, 9.17) is 5.10 Å². The maximum atomic E-state index is 13.2. The van der Waals surface area contributed by atoms with Crippen LogP contribution in [0.1, 0.15) is 84.5 Å². The van der Waals surface area contributed by atoms with Crippen molar-refractivity contribution in [3.63, 3.8) is 0 Å². The van der Waals surface area contributed by atoms with Gasteiger partial charge in [0, 0.05) is 55.1 Å². The Balaban J connectivity index is 1.12. The minimum Gasteiger partial charge on any atom is -0.386 e. The van der Waals surface area contributed by atoms with Crippen molar-refractivity contribution in [2.75, 3.05) is 18.4 Å². The summed E-state index contributed by atoms with van der Waals surface area (Å²) in [5, 5.41) is 21.4. The first-order chi connectivity index (χ1) is 22.2. The molecule has 47 heavy (non-hydrogen) atoms. The second-order valence-electron chi connectivity index (χ2n) is 12.6. The molecular weight excluding hydrogens is 615 g/mol. The highest BCUT2D eigenvalue weighted by Gasteiger charge is 2.33. The van der Waals surface area contributed by atoms with Crippen LogP contribution in [-0.4, -0.2) is 60.6 Å². The zero-order valence-corrected chi connectivity index (χ0v) is 25.8. The third kappa shape index (κ3) is 7.18. The number of amides is 3. The number of alkyl halides is 3. The first-order valence-corrected chi connectivity index (χ1v) is 15.4. The Morgan fingerprint density at radius 1 is 1.09 bits per heavy atom. The third-order valence-corrected chi connectivity index (χ3v) is 8.65. The normalized spacial score (nSPS) is 18.4. The summed E-state index contributed by atoms with van der Waals surface area (Å²) in [4.78, 5) is 46.9. The van der Waals surface area contributed by atoms with E-state index in [1.165, 1.54) is 6.07 Å². The molecule has 0 spiro atoms. The van der Waals surface area contributed by atoms with Gasteiger partial charge in [0.05, 0.1) is 28.8 Å². The van der Waals surface area contributed by atoms with E-state index in [1.807, 2.05) is 23.0 Å². The number of carbonyl (C=O) groups excluding carboxylic acids is 3. The molecule has 0 bridgehead atoms. The molecule has 0 aliphatic carbocycles. The second-order valence-corrected chi connectivity index (χ2v) is 12.6. The summed E-state index contributed by atoms with van der Waals surface area (Å²) >= 11 is 0. The number of hydrogen-bond acceptors (Lipinski definition) is 8. The Morgan fingerprint density at radius 3 is 2.51 bits per heavy atom. The van der Waals surface area contributed by atoms with E-state index in [2.05, 4.69) is 25.5 Å². The Kier molecular flexibility index (Phi) is 8.57. The van der Waals surface area contributed by atoms with Crippen molar-refractivity contribution in [2.24, 2.45) is 0 Å². The van der Waals surface area contributed by atoms with E-state index in [9.17, 15) is 32.7 Å². The van der Waals surface area contributed by atoms with Crippen molar-refractivity contribution in [2.45, 2.75) is 69.8 Å². The van der Waals surface area contributed by atoms with Crippen LogP contribution in [0, 0.1) is 0 Å². The number of halogens is 3. The number of rotatable bonds is 7. The zero-order chi connectivity index (χ0) is 33.5. The van der Waals surface area contributed by atoms with Gasteiger partial charge in [-0.3, -0.25) is 34.3 Å². The van der Waals surface area contributed by atoms with Crippen molar-refractivity contribution >= 4 is 34.3 Å². The topological polar surface area (TPSA) is 142 Å². The van der Waals surface area contributed by atoms with Crippen LogP contribution < -0.4 is 10.6 Å². The van der Waals surface area contributed by atoms with E-state index in [-0.39, 0.29) is 29.5 Å². The molecule has 0 radical (unpaired) electrons. The minimum atomic E-state index is -4.69. The van der Waals surface area contributed by atoms with Gasteiger partial charge >= 0.3 is 6.18 Å². The molecule has 5 heterocycles. The van der Waals surface area contributed by atoms with Crippen molar-refractivity contribution in [3.8, 4) is 0 Å². The predicted molar refractivity (Wildman–Crippen MR) is 165 cm³/mol. The molecule has 1 atom stereocenters. The van der Waals surface area contributed by atoms with Gasteiger partial charge in [0.15, 0.2) is 0 Å². The number of carbonyl (C=O) groups is 3. The van der Waals surface area contributed by atoms with Gasteiger partial charge < -0.3 is 10.4 Å². The molecule has 2 saturated heterocycles. The van der Waals surface area contributed by atoms with Gasteiger partial charge in [-0.25, -0.2) is 4.98 Å². The lowest BCUT2D eigenvalue weighted by Gasteiger charge is -2.31. The number of pyridine rings is 2. The first kappa shape index (κ1) is 32.3. The average molecular weight is 650 g/mol. The van der Waals surface area contributed by atoms with Crippen LogP contribution in [0.3, 0.4) is 0 Å². The summed E-state index contributed by atoms with van der Waals surface area (Å²) in [6.45, 7) is 5.37. The molecule has 3 aromatic heterocycles. The Hall–Kier alpha value is -4.69. The molecule has 6 rings (SSSR count). The lowest BCUT2D eigenvalue weighted by Crippen LogP contribution is -2.39. The Bertz CT molecular complexity index is 1820. The van der Waals surface area contributed by atoms with E-state index in [0.29, 0.717) is 35.9 Å². The summed E-state index contributed by atoms with van der Waals surface area (Å²) in [6, 6.07) is 10.4. The molecule has 2 aliphatic heterocycles. The maximum absolute atomic E-state index is 13.2. The van der Waals surface area contributed by atoms with Gasteiger partial charge in [0.25, 0.3) is 5.91 Å². The third-order valence-electron chi connectivity index (χ3n) is 8.65. The smallest absolute Gasteiger partial charge is 0.386 e. The average Bonchev–Trinajstić information content (AvgIpc) is 3.44. The van der Waals surface area contributed by atoms with E-state index in [1.54, 1.807) is 32.2 Å². The Morgan fingerprint density at radius 2 is 1.85 bits per heavy atom. The number of piperidine rings is 2. The predicted octanol–water partition coefficient (Wildman–Crippen LogP) is 4.68. The summed E-state index contributed by atoms with van der Waals surface area (Å²) in [5.74, 6) is -1.73. The number of benzene rings is 1. The van der Waals surface area contributed by atoms with Gasteiger partial charge in [-0.2, -0.15) is 18.3 Å². The largest absolute Gasteiger partial charge is 0.433 e. The standard InChI is InChI=1S/C33H34F3N7O4/c1-32(2,47)24-15-26-20(14-27(24)39-31(46)25-4-3-5-28(38-25)33(34,35)36)17-43(41-26)22-10-12-42(13-11-22)18-21-7-6-19(16-37-21)23-8-9-29(44)40-30(23)45/h3-7,14-17,22-23,47H,8-13,18H2,1-2H3,(H,39,46)(H,40,44,45). The number of imide groups is 1.